The molecule has 0 unspecified atom stereocenters. The van der Waals surface area contributed by atoms with Gasteiger partial charge in [-0.05, 0) is 49.1 Å². The third kappa shape index (κ3) is 6.32. The molecular weight excluding hydrogens is 436 g/mol. The topological polar surface area (TPSA) is 90.9 Å². The largest absolute Gasteiger partial charge is 0.338 e. The third-order valence-corrected chi connectivity index (χ3v) is 5.89. The van der Waals surface area contributed by atoms with Crippen molar-refractivity contribution in [3.8, 4) is 0 Å². The molecule has 0 aliphatic carbocycles. The van der Waals surface area contributed by atoms with Crippen molar-refractivity contribution in [2.24, 2.45) is 4.99 Å². The second kappa shape index (κ2) is 11.0. The van der Waals surface area contributed by atoms with Crippen LogP contribution in [0, 0.1) is 6.92 Å². The molecule has 0 saturated heterocycles. The van der Waals surface area contributed by atoms with Gasteiger partial charge in [-0.3, -0.25) is 19.8 Å². The van der Waals surface area contributed by atoms with E-state index in [0.29, 0.717) is 29.0 Å². The van der Waals surface area contributed by atoms with Crippen molar-refractivity contribution in [1.82, 2.24) is 10.6 Å². The Kier molecular flexibility index (Phi) is 8.06. The molecule has 0 atom stereocenters. The van der Waals surface area contributed by atoms with Gasteiger partial charge in [0, 0.05) is 6.54 Å². The summed E-state index contributed by atoms with van der Waals surface area (Å²) in [6.07, 6.45) is 1.75. The molecule has 7 nitrogen and oxygen atoms in total. The number of carbonyl (C=O) groups excluding carboxylic acids is 3. The fraction of sp³-hybridized carbons (Fsp3) is 0.280. The van der Waals surface area contributed by atoms with Crippen LogP contribution in [0.4, 0.5) is 10.5 Å². The number of amidine groups is 1. The molecule has 2 N–H and O–H groups in total. The summed E-state index contributed by atoms with van der Waals surface area (Å²) in [5.74, 6) is -0.365. The van der Waals surface area contributed by atoms with Crippen molar-refractivity contribution in [2.75, 3.05) is 17.2 Å². The van der Waals surface area contributed by atoms with E-state index in [0.717, 1.165) is 22.9 Å². The highest BCUT2D eigenvalue weighted by Crippen LogP contribution is 2.30. The van der Waals surface area contributed by atoms with E-state index in [-0.39, 0.29) is 11.7 Å². The minimum absolute atomic E-state index is 0.0536. The van der Waals surface area contributed by atoms with Crippen molar-refractivity contribution >= 4 is 46.5 Å². The summed E-state index contributed by atoms with van der Waals surface area (Å²) < 4.78 is 0. The number of benzene rings is 2. The fourth-order valence-electron chi connectivity index (χ4n) is 3.15. The lowest BCUT2D eigenvalue weighted by Crippen LogP contribution is -2.40. The van der Waals surface area contributed by atoms with Gasteiger partial charge in [0.1, 0.15) is 5.70 Å². The van der Waals surface area contributed by atoms with Gasteiger partial charge in [0.05, 0.1) is 11.4 Å². The molecule has 0 bridgehead atoms. The van der Waals surface area contributed by atoms with Crippen molar-refractivity contribution in [1.29, 1.82) is 0 Å². The standard InChI is InChI=1S/C25H28N4O3S/c1-5-26-24(32)28-22(30)15-33-25-27-21(14-18-8-10-19(11-9-18)16(2)3)23(31)29(25)20-12-6-17(4)7-13-20/h6-14,16H,5,15H2,1-4H3,(H2,26,28,30,32). The summed E-state index contributed by atoms with van der Waals surface area (Å²) in [6, 6.07) is 15.0. The molecular formula is C25H28N4O3S. The normalized spacial score (nSPS) is 14.6. The Morgan fingerprint density at radius 2 is 1.76 bits per heavy atom. The average Bonchev–Trinajstić information content (AvgIpc) is 3.08. The predicted octanol–water partition coefficient (Wildman–Crippen LogP) is 4.44. The molecule has 1 aliphatic heterocycles. The highest BCUT2D eigenvalue weighted by Gasteiger charge is 2.32. The zero-order chi connectivity index (χ0) is 24.0. The number of thioether (sulfide) groups is 1. The Labute approximate surface area is 198 Å². The Hall–Kier alpha value is -3.39. The first-order valence-electron chi connectivity index (χ1n) is 10.8. The van der Waals surface area contributed by atoms with E-state index >= 15 is 0 Å². The second-order valence-corrected chi connectivity index (χ2v) is 8.86. The third-order valence-electron chi connectivity index (χ3n) is 4.95. The number of aryl methyl sites for hydroxylation is 1. The van der Waals surface area contributed by atoms with Crippen LogP contribution in [0.15, 0.2) is 59.2 Å². The van der Waals surface area contributed by atoms with E-state index in [1.165, 1.54) is 10.5 Å². The first-order chi connectivity index (χ1) is 15.8. The number of urea groups is 1. The molecule has 0 fully saturated rings. The van der Waals surface area contributed by atoms with Gasteiger partial charge in [0.15, 0.2) is 5.17 Å². The average molecular weight is 465 g/mol. The van der Waals surface area contributed by atoms with Crippen LogP contribution >= 0.6 is 11.8 Å². The van der Waals surface area contributed by atoms with Gasteiger partial charge < -0.3 is 5.32 Å². The Morgan fingerprint density at radius 3 is 2.36 bits per heavy atom. The van der Waals surface area contributed by atoms with Crippen molar-refractivity contribution < 1.29 is 14.4 Å². The number of anilines is 1. The minimum Gasteiger partial charge on any atom is -0.338 e. The lowest BCUT2D eigenvalue weighted by molar-refractivity contribution is -0.117. The number of amides is 4. The highest BCUT2D eigenvalue weighted by molar-refractivity contribution is 8.14. The molecule has 172 valence electrons. The van der Waals surface area contributed by atoms with Crippen LogP contribution in [0.1, 0.15) is 43.4 Å². The molecule has 0 saturated carbocycles. The lowest BCUT2D eigenvalue weighted by atomic mass is 10.0. The van der Waals surface area contributed by atoms with Crippen LogP contribution in [-0.4, -0.2) is 35.3 Å². The number of rotatable bonds is 6. The van der Waals surface area contributed by atoms with Gasteiger partial charge in [-0.25, -0.2) is 9.79 Å². The Bertz CT molecular complexity index is 1090. The van der Waals surface area contributed by atoms with Crippen molar-refractivity contribution in [2.45, 2.75) is 33.6 Å². The van der Waals surface area contributed by atoms with Gasteiger partial charge in [0.2, 0.25) is 5.91 Å². The molecule has 1 aliphatic rings. The molecule has 2 aromatic carbocycles. The number of hydrogen-bond donors (Lipinski definition) is 2. The van der Waals surface area contributed by atoms with Gasteiger partial charge in [0.25, 0.3) is 5.91 Å². The molecule has 0 radical (unpaired) electrons. The number of hydrogen-bond acceptors (Lipinski definition) is 5. The molecule has 0 aromatic heterocycles. The predicted molar refractivity (Wildman–Crippen MR) is 134 cm³/mol. The van der Waals surface area contributed by atoms with Crippen molar-refractivity contribution in [3.05, 3.63) is 70.9 Å². The SMILES string of the molecule is CCNC(=O)NC(=O)CSC1=NC(=Cc2ccc(C(C)C)cc2)C(=O)N1c1ccc(C)cc1. The van der Waals surface area contributed by atoms with E-state index in [4.69, 9.17) is 0 Å². The summed E-state index contributed by atoms with van der Waals surface area (Å²) in [6.45, 7) is 8.41. The van der Waals surface area contributed by atoms with Crippen LogP contribution in [0.3, 0.4) is 0 Å². The van der Waals surface area contributed by atoms with Crippen LogP contribution in [0.5, 0.6) is 0 Å². The van der Waals surface area contributed by atoms with Gasteiger partial charge >= 0.3 is 6.03 Å². The summed E-state index contributed by atoms with van der Waals surface area (Å²) in [5.41, 5.74) is 4.11. The summed E-state index contributed by atoms with van der Waals surface area (Å²) >= 11 is 1.11. The monoisotopic (exact) mass is 464 g/mol. The second-order valence-electron chi connectivity index (χ2n) is 7.92. The maximum Gasteiger partial charge on any atom is 0.321 e. The van der Waals surface area contributed by atoms with Gasteiger partial charge in [-0.2, -0.15) is 0 Å². The van der Waals surface area contributed by atoms with E-state index in [1.807, 2.05) is 55.5 Å². The van der Waals surface area contributed by atoms with E-state index in [9.17, 15) is 14.4 Å². The van der Waals surface area contributed by atoms with Crippen LogP contribution < -0.4 is 15.5 Å². The van der Waals surface area contributed by atoms with E-state index in [2.05, 4.69) is 29.5 Å². The van der Waals surface area contributed by atoms with Gasteiger partial charge in [-0.15, -0.1) is 0 Å². The Morgan fingerprint density at radius 1 is 1.09 bits per heavy atom. The Balaban J connectivity index is 1.84. The van der Waals surface area contributed by atoms with Crippen LogP contribution in [0.25, 0.3) is 6.08 Å². The minimum atomic E-state index is -0.548. The van der Waals surface area contributed by atoms with Gasteiger partial charge in [-0.1, -0.05) is 67.6 Å². The molecule has 3 rings (SSSR count). The zero-order valence-electron chi connectivity index (χ0n) is 19.2. The van der Waals surface area contributed by atoms with Crippen LogP contribution in [-0.2, 0) is 9.59 Å². The number of nitrogens with zero attached hydrogens (tertiary/aromatic N) is 2. The smallest absolute Gasteiger partial charge is 0.321 e. The maximum absolute atomic E-state index is 13.3. The summed E-state index contributed by atoms with van der Waals surface area (Å²) in [5, 5.41) is 5.16. The number of carbonyl (C=O) groups is 3. The van der Waals surface area contributed by atoms with E-state index < -0.39 is 11.9 Å². The zero-order valence-corrected chi connectivity index (χ0v) is 20.0. The molecule has 8 heteroatoms. The highest BCUT2D eigenvalue weighted by atomic mass is 32.2. The fourth-order valence-corrected chi connectivity index (χ4v) is 3.96. The maximum atomic E-state index is 13.3. The molecule has 4 amide bonds. The molecule has 0 spiro atoms. The summed E-state index contributed by atoms with van der Waals surface area (Å²) in [7, 11) is 0. The molecule has 2 aromatic rings. The first-order valence-corrected chi connectivity index (χ1v) is 11.8. The summed E-state index contributed by atoms with van der Waals surface area (Å²) in [4.78, 5) is 43.0. The lowest BCUT2D eigenvalue weighted by Gasteiger charge is -2.18. The first kappa shape index (κ1) is 24.3. The van der Waals surface area contributed by atoms with Crippen LogP contribution in [0.2, 0.25) is 0 Å². The number of imide groups is 1. The van der Waals surface area contributed by atoms with E-state index in [1.54, 1.807) is 13.0 Å². The number of aliphatic imine (C=N–C) groups is 1. The molecule has 1 heterocycles. The quantitative estimate of drug-likeness (QED) is 0.619. The number of nitrogens with one attached hydrogen (secondary N) is 2. The molecule has 33 heavy (non-hydrogen) atoms. The van der Waals surface area contributed by atoms with Crippen molar-refractivity contribution in [3.63, 3.8) is 0 Å².